The molecule has 8 heteroatoms. The van der Waals surface area contributed by atoms with Crippen LogP contribution in [0.4, 0.5) is 6.01 Å². The van der Waals surface area contributed by atoms with Gasteiger partial charge >= 0.3 is 11.6 Å². The molecule has 0 spiro atoms. The van der Waals surface area contributed by atoms with Crippen LogP contribution in [0.1, 0.15) is 0 Å². The Kier molecular flexibility index (Phi) is 3.00. The van der Waals surface area contributed by atoms with Crippen LogP contribution in [0.25, 0.3) is 11.0 Å². The highest BCUT2D eigenvalue weighted by Crippen LogP contribution is 2.18. The Balaban J connectivity index is 2.18. The zero-order chi connectivity index (χ0) is 13.4. The molecule has 3 heterocycles. The van der Waals surface area contributed by atoms with E-state index < -0.39 is 11.2 Å². The fraction of sp³-hybridized carbons (Fsp3) is 0.364. The number of rotatable bonds is 1. The van der Waals surface area contributed by atoms with Crippen molar-refractivity contribution in [2.75, 3.05) is 31.1 Å². The van der Waals surface area contributed by atoms with Crippen LogP contribution >= 0.6 is 11.6 Å². The number of nitrogens with zero attached hydrogens (tertiary/aromatic N) is 2. The highest BCUT2D eigenvalue weighted by atomic mass is 35.5. The average Bonchev–Trinajstić information content (AvgIpc) is 2.38. The first-order chi connectivity index (χ1) is 9.15. The number of anilines is 1. The molecule has 2 aromatic rings. The summed E-state index contributed by atoms with van der Waals surface area (Å²) in [6.07, 6.45) is 0. The van der Waals surface area contributed by atoms with Crippen LogP contribution in [0.15, 0.2) is 24.5 Å². The molecule has 100 valence electrons. The average molecular weight is 284 g/mol. The summed E-state index contributed by atoms with van der Waals surface area (Å²) in [4.78, 5) is 29.0. The Labute approximate surface area is 111 Å². The minimum Gasteiger partial charge on any atom is -0.424 e. The maximum Gasteiger partial charge on any atom is 0.353 e. The van der Waals surface area contributed by atoms with Crippen molar-refractivity contribution in [2.24, 2.45) is 0 Å². The zero-order valence-electron chi connectivity index (χ0n) is 9.81. The third-order valence-corrected chi connectivity index (χ3v) is 3.07. The van der Waals surface area contributed by atoms with Crippen molar-refractivity contribution in [1.82, 2.24) is 10.3 Å². The van der Waals surface area contributed by atoms with Crippen molar-refractivity contribution in [3.8, 4) is 0 Å². The van der Waals surface area contributed by atoms with Crippen LogP contribution in [0.3, 0.4) is 0 Å². The summed E-state index contributed by atoms with van der Waals surface area (Å²) in [5.74, 6) is 0. The van der Waals surface area contributed by atoms with Gasteiger partial charge in [-0.05, 0) is 11.6 Å². The lowest BCUT2D eigenvalue weighted by atomic mass is 10.3. The Hall–Kier alpha value is -1.86. The summed E-state index contributed by atoms with van der Waals surface area (Å²) in [7, 11) is 0. The summed E-state index contributed by atoms with van der Waals surface area (Å²) in [5, 5.41) is 2.83. The van der Waals surface area contributed by atoms with Crippen molar-refractivity contribution in [3.05, 3.63) is 32.1 Å². The summed E-state index contributed by atoms with van der Waals surface area (Å²) >= 11 is 5.64. The number of hydrogen-bond acceptors (Lipinski definition) is 7. The molecule has 1 fully saturated rings. The van der Waals surface area contributed by atoms with Gasteiger partial charge < -0.3 is 19.1 Å². The van der Waals surface area contributed by atoms with Gasteiger partial charge in [-0.15, -0.1) is 0 Å². The van der Waals surface area contributed by atoms with E-state index in [0.29, 0.717) is 13.1 Å². The molecular formula is C11H10ClN3O4. The Morgan fingerprint density at radius 3 is 2.74 bits per heavy atom. The lowest BCUT2D eigenvalue weighted by molar-refractivity contribution is 0.490. The van der Waals surface area contributed by atoms with Crippen molar-refractivity contribution in [2.45, 2.75) is 0 Å². The number of halogens is 1. The number of aromatic nitrogens is 1. The number of fused-ring (bicyclic) bond motifs is 1. The fourth-order valence-corrected chi connectivity index (χ4v) is 2.14. The van der Waals surface area contributed by atoms with E-state index in [-0.39, 0.29) is 22.2 Å². The minimum absolute atomic E-state index is 0.0924. The molecule has 1 N–H and O–H groups in total. The van der Waals surface area contributed by atoms with Gasteiger partial charge in [-0.1, -0.05) is 0 Å². The molecule has 3 rings (SSSR count). The van der Waals surface area contributed by atoms with Gasteiger partial charge in [-0.25, -0.2) is 4.79 Å². The lowest BCUT2D eigenvalue weighted by Gasteiger charge is -2.26. The smallest absolute Gasteiger partial charge is 0.353 e. The molecule has 0 amide bonds. The fourth-order valence-electron chi connectivity index (χ4n) is 1.97. The van der Waals surface area contributed by atoms with Gasteiger partial charge in [0, 0.05) is 32.2 Å². The van der Waals surface area contributed by atoms with Gasteiger partial charge in [0.2, 0.25) is 5.22 Å². The summed E-state index contributed by atoms with van der Waals surface area (Å²) in [5.41, 5.74) is -1.41. The molecule has 7 nitrogen and oxygen atoms in total. The van der Waals surface area contributed by atoms with Crippen LogP contribution in [0.5, 0.6) is 0 Å². The largest absolute Gasteiger partial charge is 0.424 e. The predicted octanol–water partition coefficient (Wildman–Crippen LogP) is 0.204. The van der Waals surface area contributed by atoms with Gasteiger partial charge in [-0.2, -0.15) is 4.98 Å². The molecule has 19 heavy (non-hydrogen) atoms. The third-order valence-electron chi connectivity index (χ3n) is 2.89. The van der Waals surface area contributed by atoms with Gasteiger partial charge in [0.15, 0.2) is 11.0 Å². The molecule has 1 aliphatic heterocycles. The van der Waals surface area contributed by atoms with Crippen molar-refractivity contribution in [1.29, 1.82) is 0 Å². The Morgan fingerprint density at radius 2 is 2.00 bits per heavy atom. The summed E-state index contributed by atoms with van der Waals surface area (Å²) in [6, 6.07) is 1.49. The highest BCUT2D eigenvalue weighted by molar-refractivity contribution is 6.29. The lowest BCUT2D eigenvalue weighted by Crippen LogP contribution is -2.44. The van der Waals surface area contributed by atoms with Crippen LogP contribution < -0.4 is 21.4 Å². The van der Waals surface area contributed by atoms with E-state index in [4.69, 9.17) is 16.0 Å². The first-order valence-corrected chi connectivity index (χ1v) is 6.13. The van der Waals surface area contributed by atoms with E-state index >= 15 is 0 Å². The van der Waals surface area contributed by atoms with Crippen molar-refractivity contribution in [3.63, 3.8) is 0 Å². The molecular weight excluding hydrogens is 274 g/mol. The Bertz CT molecular complexity index is 733. The molecule has 0 radical (unpaired) electrons. The summed E-state index contributed by atoms with van der Waals surface area (Å²) in [6.45, 7) is 2.91. The van der Waals surface area contributed by atoms with E-state index in [1.54, 1.807) is 0 Å². The number of nitrogens with one attached hydrogen (secondary N) is 1. The molecule has 1 saturated heterocycles. The second kappa shape index (κ2) is 4.67. The van der Waals surface area contributed by atoms with E-state index in [9.17, 15) is 9.59 Å². The van der Waals surface area contributed by atoms with Gasteiger partial charge in [-0.3, -0.25) is 4.79 Å². The standard InChI is InChI=1S/C11H10ClN3O4/c12-7-5-6-8(10(17)19-7)9(16)14-11(18-6)15-3-1-13-2-4-15/h5,13H,1-4H2. The van der Waals surface area contributed by atoms with Crippen LogP contribution in [-0.4, -0.2) is 31.2 Å². The molecule has 2 aromatic heterocycles. The first-order valence-electron chi connectivity index (χ1n) is 5.75. The minimum atomic E-state index is -0.837. The molecule has 0 bridgehead atoms. The molecule has 0 saturated carbocycles. The SMILES string of the molecule is O=c1nc(N2CCNCC2)oc2cc(Cl)oc(=O)c12. The van der Waals surface area contributed by atoms with E-state index in [2.05, 4.69) is 14.7 Å². The van der Waals surface area contributed by atoms with Crippen molar-refractivity contribution >= 4 is 28.6 Å². The van der Waals surface area contributed by atoms with E-state index in [0.717, 1.165) is 13.1 Å². The van der Waals surface area contributed by atoms with Crippen LogP contribution in [-0.2, 0) is 0 Å². The zero-order valence-corrected chi connectivity index (χ0v) is 10.6. The quantitative estimate of drug-likeness (QED) is 0.800. The first kappa shape index (κ1) is 12.2. The third kappa shape index (κ3) is 2.22. The van der Waals surface area contributed by atoms with E-state index in [1.807, 2.05) is 4.90 Å². The summed E-state index contributed by atoms with van der Waals surface area (Å²) < 4.78 is 10.1. The topological polar surface area (TPSA) is 88.6 Å². The second-order valence-corrected chi connectivity index (χ2v) is 4.49. The van der Waals surface area contributed by atoms with Crippen LogP contribution in [0.2, 0.25) is 5.22 Å². The molecule has 0 unspecified atom stereocenters. The van der Waals surface area contributed by atoms with Gasteiger partial charge in [0.05, 0.1) is 0 Å². The molecule has 0 aromatic carbocycles. The number of hydrogen-bond donors (Lipinski definition) is 1. The monoisotopic (exact) mass is 283 g/mol. The van der Waals surface area contributed by atoms with E-state index in [1.165, 1.54) is 6.07 Å². The van der Waals surface area contributed by atoms with Crippen LogP contribution in [0, 0.1) is 0 Å². The highest BCUT2D eigenvalue weighted by Gasteiger charge is 2.18. The maximum atomic E-state index is 11.9. The molecule has 1 aliphatic rings. The molecule has 0 aliphatic carbocycles. The molecule has 0 atom stereocenters. The Morgan fingerprint density at radius 1 is 1.26 bits per heavy atom. The van der Waals surface area contributed by atoms with Gasteiger partial charge in [0.25, 0.3) is 5.56 Å². The normalized spacial score (nSPS) is 15.9. The van der Waals surface area contributed by atoms with Crippen molar-refractivity contribution < 1.29 is 8.83 Å². The maximum absolute atomic E-state index is 11.9. The predicted molar refractivity (Wildman–Crippen MR) is 68.9 cm³/mol. The van der Waals surface area contributed by atoms with Gasteiger partial charge in [0.1, 0.15) is 0 Å². The second-order valence-electron chi connectivity index (χ2n) is 4.12. The number of piperazine rings is 1.